The molecule has 0 saturated carbocycles. The van der Waals surface area contributed by atoms with Gasteiger partial charge in [0.25, 0.3) is 0 Å². The van der Waals surface area contributed by atoms with E-state index in [2.05, 4.69) is 18.8 Å². The molecule has 0 amide bonds. The van der Waals surface area contributed by atoms with Crippen molar-refractivity contribution < 1.29 is 9.90 Å². The van der Waals surface area contributed by atoms with Crippen LogP contribution in [-0.2, 0) is 0 Å². The van der Waals surface area contributed by atoms with Crippen molar-refractivity contribution in [1.82, 2.24) is 9.55 Å². The van der Waals surface area contributed by atoms with Crippen LogP contribution in [0.4, 0.5) is 0 Å². The van der Waals surface area contributed by atoms with Gasteiger partial charge >= 0.3 is 0 Å². The van der Waals surface area contributed by atoms with E-state index in [4.69, 9.17) is 5.73 Å². The van der Waals surface area contributed by atoms with Crippen LogP contribution in [0.3, 0.4) is 0 Å². The van der Waals surface area contributed by atoms with Gasteiger partial charge in [-0.3, -0.25) is 9.36 Å². The summed E-state index contributed by atoms with van der Waals surface area (Å²) in [5.41, 5.74) is 8.66. The van der Waals surface area contributed by atoms with Gasteiger partial charge in [0.1, 0.15) is 18.4 Å². The maximum atomic E-state index is 10.7. The van der Waals surface area contributed by atoms with Gasteiger partial charge in [0.2, 0.25) is 0 Å². The zero-order chi connectivity index (χ0) is 20.2. The molecule has 1 atom stereocenters. The van der Waals surface area contributed by atoms with Gasteiger partial charge < -0.3 is 10.8 Å². The van der Waals surface area contributed by atoms with Crippen molar-refractivity contribution in [1.29, 1.82) is 0 Å². The fourth-order valence-corrected chi connectivity index (χ4v) is 2.53. The van der Waals surface area contributed by atoms with Gasteiger partial charge in [0.05, 0.1) is 16.7 Å². The minimum absolute atomic E-state index is 0.207. The molecule has 5 heteroatoms. The predicted octanol–water partition coefficient (Wildman–Crippen LogP) is 5.09. The van der Waals surface area contributed by atoms with Crippen molar-refractivity contribution in [2.45, 2.75) is 53.0 Å². The number of hydrogen-bond acceptors (Lipinski definition) is 4. The molecular formula is C22H31N3O2. The monoisotopic (exact) mass is 369 g/mol. The molecule has 0 spiro atoms. The normalized spacial score (nSPS) is 11.0. The third-order valence-corrected chi connectivity index (χ3v) is 4.00. The lowest BCUT2D eigenvalue weighted by Crippen LogP contribution is -2.17. The number of aromatic hydroxyl groups is 1. The van der Waals surface area contributed by atoms with Crippen LogP contribution >= 0.6 is 0 Å². The molecule has 0 bridgehead atoms. The summed E-state index contributed by atoms with van der Waals surface area (Å²) in [6, 6.07) is 12.7. The minimum Gasteiger partial charge on any atom is -0.508 e. The summed E-state index contributed by atoms with van der Waals surface area (Å²) in [7, 11) is 0. The Labute approximate surface area is 161 Å². The SMILES string of the molecule is CC.CCCC(N)CC.O=Cc1ccc2c(c1)ncn2-c1cccc(O)c1. The first kappa shape index (κ1) is 22.4. The smallest absolute Gasteiger partial charge is 0.150 e. The van der Waals surface area contributed by atoms with Crippen LogP contribution < -0.4 is 5.73 Å². The van der Waals surface area contributed by atoms with Crippen LogP contribution in [0.5, 0.6) is 5.75 Å². The molecule has 1 aromatic heterocycles. The fraction of sp³-hybridized carbons (Fsp3) is 0.364. The molecule has 146 valence electrons. The van der Waals surface area contributed by atoms with E-state index in [0.717, 1.165) is 29.4 Å². The second-order valence-electron chi connectivity index (χ2n) is 5.96. The molecule has 3 N–H and O–H groups in total. The zero-order valence-corrected chi connectivity index (χ0v) is 16.7. The fourth-order valence-electron chi connectivity index (χ4n) is 2.53. The molecule has 0 aliphatic heterocycles. The molecule has 3 aromatic rings. The molecule has 0 saturated heterocycles. The highest BCUT2D eigenvalue weighted by molar-refractivity contribution is 5.85. The number of nitrogens with two attached hydrogens (primary N) is 1. The van der Waals surface area contributed by atoms with E-state index in [-0.39, 0.29) is 5.75 Å². The standard InChI is InChI=1S/C14H10N2O2.C6H15N.C2H6/c17-8-10-4-5-14-13(6-10)15-9-16(14)11-2-1-3-12(18)7-11;1-3-5-6(7)4-2;1-2/h1-9,18H;6H,3-5,7H2,1-2H3;1-2H3. The average Bonchev–Trinajstić information content (AvgIpc) is 3.13. The summed E-state index contributed by atoms with van der Waals surface area (Å²) in [5, 5.41) is 9.49. The number of imidazole rings is 1. The van der Waals surface area contributed by atoms with Crippen molar-refractivity contribution in [3.8, 4) is 11.4 Å². The van der Waals surface area contributed by atoms with Crippen molar-refractivity contribution >= 4 is 17.3 Å². The van der Waals surface area contributed by atoms with Crippen molar-refractivity contribution in [3.05, 3.63) is 54.4 Å². The van der Waals surface area contributed by atoms with E-state index in [0.29, 0.717) is 11.6 Å². The topological polar surface area (TPSA) is 81.1 Å². The lowest BCUT2D eigenvalue weighted by molar-refractivity contribution is 0.112. The number of carbonyl (C=O) groups is 1. The molecule has 5 nitrogen and oxygen atoms in total. The zero-order valence-electron chi connectivity index (χ0n) is 16.7. The molecule has 0 radical (unpaired) electrons. The van der Waals surface area contributed by atoms with E-state index >= 15 is 0 Å². The molecule has 1 unspecified atom stereocenters. The summed E-state index contributed by atoms with van der Waals surface area (Å²) in [4.78, 5) is 15.0. The lowest BCUT2D eigenvalue weighted by atomic mass is 10.1. The average molecular weight is 370 g/mol. The molecule has 2 aromatic carbocycles. The highest BCUT2D eigenvalue weighted by Gasteiger charge is 2.05. The van der Waals surface area contributed by atoms with Crippen molar-refractivity contribution in [3.63, 3.8) is 0 Å². The van der Waals surface area contributed by atoms with Crippen molar-refractivity contribution in [2.75, 3.05) is 0 Å². The van der Waals surface area contributed by atoms with Gasteiger partial charge in [-0.25, -0.2) is 4.98 Å². The summed E-state index contributed by atoms with van der Waals surface area (Å²) >= 11 is 0. The van der Waals surface area contributed by atoms with E-state index in [1.807, 2.05) is 30.5 Å². The summed E-state index contributed by atoms with van der Waals surface area (Å²) in [6.45, 7) is 8.29. The number of carbonyl (C=O) groups excluding carboxylic acids is 1. The van der Waals surface area contributed by atoms with Crippen LogP contribution in [0.15, 0.2) is 48.8 Å². The molecule has 1 heterocycles. The van der Waals surface area contributed by atoms with Crippen LogP contribution in [-0.4, -0.2) is 27.0 Å². The summed E-state index contributed by atoms with van der Waals surface area (Å²) in [5.74, 6) is 0.207. The van der Waals surface area contributed by atoms with Crippen LogP contribution in [0.1, 0.15) is 57.3 Å². The van der Waals surface area contributed by atoms with Crippen LogP contribution in [0.25, 0.3) is 16.7 Å². The Morgan fingerprint density at radius 2 is 1.93 bits per heavy atom. The first-order chi connectivity index (χ1) is 13.1. The second kappa shape index (κ2) is 11.9. The number of fused-ring (bicyclic) bond motifs is 1. The van der Waals surface area contributed by atoms with Gasteiger partial charge in [-0.2, -0.15) is 0 Å². The van der Waals surface area contributed by atoms with Crippen LogP contribution in [0, 0.1) is 0 Å². The van der Waals surface area contributed by atoms with Crippen LogP contribution in [0.2, 0.25) is 0 Å². The molecular weight excluding hydrogens is 338 g/mol. The summed E-state index contributed by atoms with van der Waals surface area (Å²) < 4.78 is 1.86. The number of nitrogens with zero attached hydrogens (tertiary/aromatic N) is 2. The van der Waals surface area contributed by atoms with E-state index in [1.165, 1.54) is 12.8 Å². The number of benzene rings is 2. The Morgan fingerprint density at radius 3 is 2.48 bits per heavy atom. The Balaban J connectivity index is 0.000000346. The largest absolute Gasteiger partial charge is 0.508 e. The highest BCUT2D eigenvalue weighted by atomic mass is 16.3. The molecule has 0 fully saturated rings. The lowest BCUT2D eigenvalue weighted by Gasteiger charge is -2.04. The number of aromatic nitrogens is 2. The van der Waals surface area contributed by atoms with E-state index in [9.17, 15) is 9.90 Å². The first-order valence-electron chi connectivity index (χ1n) is 9.56. The van der Waals surface area contributed by atoms with Gasteiger partial charge in [0.15, 0.2) is 0 Å². The molecule has 0 aliphatic rings. The maximum absolute atomic E-state index is 10.7. The molecule has 0 aliphatic carbocycles. The molecule has 27 heavy (non-hydrogen) atoms. The predicted molar refractivity (Wildman–Crippen MR) is 113 cm³/mol. The van der Waals surface area contributed by atoms with E-state index < -0.39 is 0 Å². The number of phenolic OH excluding ortho intramolecular Hbond substituents is 1. The molecule has 3 rings (SSSR count). The first-order valence-corrected chi connectivity index (χ1v) is 9.56. The Bertz CT molecular complexity index is 827. The quantitative estimate of drug-likeness (QED) is 0.614. The maximum Gasteiger partial charge on any atom is 0.150 e. The Kier molecular flexibility index (Phi) is 9.83. The Morgan fingerprint density at radius 1 is 1.19 bits per heavy atom. The number of rotatable bonds is 5. The van der Waals surface area contributed by atoms with Crippen molar-refractivity contribution in [2.24, 2.45) is 5.73 Å². The highest BCUT2D eigenvalue weighted by Crippen LogP contribution is 2.21. The summed E-state index contributed by atoms with van der Waals surface area (Å²) in [6.07, 6.45) is 5.99. The number of hydrogen-bond donors (Lipinski definition) is 2. The third kappa shape index (κ3) is 6.53. The number of phenols is 1. The van der Waals surface area contributed by atoms with Gasteiger partial charge in [-0.05, 0) is 43.2 Å². The Hall–Kier alpha value is -2.66. The minimum atomic E-state index is 0.207. The van der Waals surface area contributed by atoms with E-state index in [1.54, 1.807) is 36.7 Å². The third-order valence-electron chi connectivity index (χ3n) is 4.00. The van der Waals surface area contributed by atoms with Gasteiger partial charge in [-0.1, -0.05) is 40.2 Å². The van der Waals surface area contributed by atoms with Gasteiger partial charge in [-0.15, -0.1) is 0 Å². The second-order valence-corrected chi connectivity index (χ2v) is 5.96. The van der Waals surface area contributed by atoms with Gasteiger partial charge in [0, 0.05) is 17.7 Å². The number of aldehydes is 1.